The van der Waals surface area contributed by atoms with Crippen LogP contribution >= 0.6 is 11.6 Å². The Hall–Kier alpha value is -2.00. The minimum absolute atomic E-state index is 0.0834. The van der Waals surface area contributed by atoms with E-state index >= 15 is 0 Å². The van der Waals surface area contributed by atoms with E-state index in [1.807, 2.05) is 31.2 Å². The van der Waals surface area contributed by atoms with Crippen molar-refractivity contribution in [3.8, 4) is 5.75 Å². The fourth-order valence-corrected chi connectivity index (χ4v) is 1.85. The van der Waals surface area contributed by atoms with E-state index in [2.05, 4.69) is 5.32 Å². The molecule has 0 aliphatic carbocycles. The van der Waals surface area contributed by atoms with Crippen LogP contribution in [0.15, 0.2) is 48.5 Å². The molecule has 0 aliphatic heterocycles. The zero-order chi connectivity index (χ0) is 14.4. The van der Waals surface area contributed by atoms with Crippen molar-refractivity contribution < 1.29 is 9.53 Å². The van der Waals surface area contributed by atoms with Crippen molar-refractivity contribution in [2.24, 2.45) is 0 Å². The van der Waals surface area contributed by atoms with Crippen LogP contribution in [0.4, 0.5) is 5.69 Å². The van der Waals surface area contributed by atoms with Gasteiger partial charge in [-0.05, 0) is 48.9 Å². The SMILES string of the molecule is Cc1cccc(OCCC(=O)Nc2ccc(Cl)cc2)c1. The van der Waals surface area contributed by atoms with Crippen LogP contribution in [-0.2, 0) is 4.79 Å². The van der Waals surface area contributed by atoms with Gasteiger partial charge in [-0.2, -0.15) is 0 Å². The van der Waals surface area contributed by atoms with Crippen LogP contribution < -0.4 is 10.1 Å². The number of anilines is 1. The molecule has 0 bridgehead atoms. The van der Waals surface area contributed by atoms with Gasteiger partial charge in [-0.1, -0.05) is 23.7 Å². The number of rotatable bonds is 5. The van der Waals surface area contributed by atoms with E-state index in [1.54, 1.807) is 24.3 Å². The Morgan fingerprint density at radius 3 is 2.65 bits per heavy atom. The van der Waals surface area contributed by atoms with Crippen molar-refractivity contribution in [3.63, 3.8) is 0 Å². The van der Waals surface area contributed by atoms with Gasteiger partial charge in [0.05, 0.1) is 13.0 Å². The number of amides is 1. The van der Waals surface area contributed by atoms with E-state index < -0.39 is 0 Å². The smallest absolute Gasteiger partial charge is 0.227 e. The van der Waals surface area contributed by atoms with E-state index in [1.165, 1.54) is 0 Å². The van der Waals surface area contributed by atoms with Crippen molar-refractivity contribution in [2.75, 3.05) is 11.9 Å². The summed E-state index contributed by atoms with van der Waals surface area (Å²) in [5.41, 5.74) is 1.86. The second-order valence-corrected chi connectivity index (χ2v) is 4.91. The Labute approximate surface area is 123 Å². The summed E-state index contributed by atoms with van der Waals surface area (Å²) >= 11 is 5.78. The van der Waals surface area contributed by atoms with E-state index in [0.717, 1.165) is 17.0 Å². The van der Waals surface area contributed by atoms with Gasteiger partial charge in [0.2, 0.25) is 5.91 Å². The maximum Gasteiger partial charge on any atom is 0.227 e. The predicted octanol–water partition coefficient (Wildman–Crippen LogP) is 4.06. The lowest BCUT2D eigenvalue weighted by atomic mass is 10.2. The minimum Gasteiger partial charge on any atom is -0.493 e. The van der Waals surface area contributed by atoms with Crippen molar-refractivity contribution in [2.45, 2.75) is 13.3 Å². The molecule has 0 radical (unpaired) electrons. The first kappa shape index (κ1) is 14.4. The van der Waals surface area contributed by atoms with Crippen LogP contribution in [0.5, 0.6) is 5.75 Å². The summed E-state index contributed by atoms with van der Waals surface area (Å²) in [6.07, 6.45) is 0.302. The molecular formula is C16H16ClNO2. The summed E-state index contributed by atoms with van der Waals surface area (Å²) in [5.74, 6) is 0.698. The number of hydrogen-bond donors (Lipinski definition) is 1. The number of carbonyl (C=O) groups excluding carboxylic acids is 1. The molecule has 2 aromatic carbocycles. The molecule has 0 unspecified atom stereocenters. The first-order chi connectivity index (χ1) is 9.63. The summed E-state index contributed by atoms with van der Waals surface area (Å²) in [7, 11) is 0. The number of ether oxygens (including phenoxy) is 1. The van der Waals surface area contributed by atoms with Gasteiger partial charge in [0, 0.05) is 10.7 Å². The predicted molar refractivity (Wildman–Crippen MR) is 81.4 cm³/mol. The quantitative estimate of drug-likeness (QED) is 0.901. The van der Waals surface area contributed by atoms with Crippen molar-refractivity contribution >= 4 is 23.2 Å². The Kier molecular flexibility index (Phi) is 5.02. The molecule has 3 nitrogen and oxygen atoms in total. The maximum absolute atomic E-state index is 11.7. The van der Waals surface area contributed by atoms with Gasteiger partial charge < -0.3 is 10.1 Å². The largest absolute Gasteiger partial charge is 0.493 e. The zero-order valence-corrected chi connectivity index (χ0v) is 12.0. The molecular weight excluding hydrogens is 274 g/mol. The molecule has 0 saturated carbocycles. The van der Waals surface area contributed by atoms with Crippen LogP contribution in [0.2, 0.25) is 5.02 Å². The van der Waals surface area contributed by atoms with Crippen molar-refractivity contribution in [1.29, 1.82) is 0 Å². The lowest BCUT2D eigenvalue weighted by Crippen LogP contribution is -2.15. The van der Waals surface area contributed by atoms with Gasteiger partial charge in [-0.3, -0.25) is 4.79 Å². The third kappa shape index (κ3) is 4.59. The first-order valence-electron chi connectivity index (χ1n) is 6.38. The molecule has 0 atom stereocenters. The normalized spacial score (nSPS) is 10.1. The summed E-state index contributed by atoms with van der Waals surface area (Å²) in [4.78, 5) is 11.7. The molecule has 0 spiro atoms. The molecule has 104 valence electrons. The fraction of sp³-hybridized carbons (Fsp3) is 0.188. The van der Waals surface area contributed by atoms with Crippen LogP contribution in [0.3, 0.4) is 0 Å². The lowest BCUT2D eigenvalue weighted by molar-refractivity contribution is -0.116. The Morgan fingerprint density at radius 2 is 1.95 bits per heavy atom. The zero-order valence-electron chi connectivity index (χ0n) is 11.2. The maximum atomic E-state index is 11.7. The molecule has 0 heterocycles. The highest BCUT2D eigenvalue weighted by atomic mass is 35.5. The molecule has 2 aromatic rings. The summed E-state index contributed by atoms with van der Waals surface area (Å²) < 4.78 is 5.53. The molecule has 20 heavy (non-hydrogen) atoms. The highest BCUT2D eigenvalue weighted by Crippen LogP contribution is 2.14. The number of nitrogens with one attached hydrogen (secondary N) is 1. The second kappa shape index (κ2) is 6.96. The topological polar surface area (TPSA) is 38.3 Å². The molecule has 1 N–H and O–H groups in total. The molecule has 2 rings (SSSR count). The molecule has 4 heteroatoms. The van der Waals surface area contributed by atoms with E-state index in [0.29, 0.717) is 18.1 Å². The number of aryl methyl sites for hydroxylation is 1. The number of carbonyl (C=O) groups is 1. The lowest BCUT2D eigenvalue weighted by Gasteiger charge is -2.08. The molecule has 0 fully saturated rings. The van der Waals surface area contributed by atoms with Gasteiger partial charge in [0.25, 0.3) is 0 Å². The van der Waals surface area contributed by atoms with Gasteiger partial charge in [-0.15, -0.1) is 0 Å². The summed E-state index contributed by atoms with van der Waals surface area (Å²) in [6, 6.07) is 14.8. The Morgan fingerprint density at radius 1 is 1.20 bits per heavy atom. The summed E-state index contributed by atoms with van der Waals surface area (Å²) in [5, 5.41) is 3.43. The third-order valence-corrected chi connectivity index (χ3v) is 2.97. The first-order valence-corrected chi connectivity index (χ1v) is 6.76. The van der Waals surface area contributed by atoms with Crippen LogP contribution in [-0.4, -0.2) is 12.5 Å². The Balaban J connectivity index is 1.76. The van der Waals surface area contributed by atoms with Crippen LogP contribution in [0, 0.1) is 6.92 Å². The van der Waals surface area contributed by atoms with Gasteiger partial charge in [0.15, 0.2) is 0 Å². The summed E-state index contributed by atoms with van der Waals surface area (Å²) in [6.45, 7) is 2.35. The molecule has 1 amide bonds. The number of halogens is 1. The van der Waals surface area contributed by atoms with Gasteiger partial charge in [-0.25, -0.2) is 0 Å². The minimum atomic E-state index is -0.0834. The molecule has 0 aromatic heterocycles. The van der Waals surface area contributed by atoms with Crippen molar-refractivity contribution in [1.82, 2.24) is 0 Å². The van der Waals surface area contributed by atoms with Gasteiger partial charge in [0.1, 0.15) is 5.75 Å². The van der Waals surface area contributed by atoms with Crippen molar-refractivity contribution in [3.05, 3.63) is 59.1 Å². The second-order valence-electron chi connectivity index (χ2n) is 4.47. The average molecular weight is 290 g/mol. The van der Waals surface area contributed by atoms with Gasteiger partial charge >= 0.3 is 0 Å². The number of hydrogen-bond acceptors (Lipinski definition) is 2. The highest BCUT2D eigenvalue weighted by molar-refractivity contribution is 6.30. The van der Waals surface area contributed by atoms with Crippen LogP contribution in [0.1, 0.15) is 12.0 Å². The van der Waals surface area contributed by atoms with E-state index in [4.69, 9.17) is 16.3 Å². The standard InChI is InChI=1S/C16H16ClNO2/c1-12-3-2-4-15(11-12)20-10-9-16(19)18-14-7-5-13(17)6-8-14/h2-8,11H,9-10H2,1H3,(H,18,19). The fourth-order valence-electron chi connectivity index (χ4n) is 1.72. The van der Waals surface area contributed by atoms with E-state index in [-0.39, 0.29) is 5.91 Å². The monoisotopic (exact) mass is 289 g/mol. The molecule has 0 aliphatic rings. The number of benzene rings is 2. The third-order valence-electron chi connectivity index (χ3n) is 2.72. The average Bonchev–Trinajstić information content (AvgIpc) is 2.41. The highest BCUT2D eigenvalue weighted by Gasteiger charge is 2.03. The van der Waals surface area contributed by atoms with Crippen LogP contribution in [0.25, 0.3) is 0 Å². The van der Waals surface area contributed by atoms with E-state index in [9.17, 15) is 4.79 Å². The Bertz CT molecular complexity index is 581. The molecule has 0 saturated heterocycles.